The predicted octanol–water partition coefficient (Wildman–Crippen LogP) is 3.30. The number of para-hydroxylation sites is 2. The van der Waals surface area contributed by atoms with Crippen LogP contribution in [0.15, 0.2) is 45.9 Å². The van der Waals surface area contributed by atoms with Gasteiger partial charge in [-0.1, -0.05) is 12.1 Å². The summed E-state index contributed by atoms with van der Waals surface area (Å²) < 4.78 is 0. The number of thiophene rings is 1. The number of rotatable bonds is 2. The van der Waals surface area contributed by atoms with Crippen LogP contribution in [0, 0.1) is 0 Å². The monoisotopic (exact) mass is 299 g/mol. The Morgan fingerprint density at radius 1 is 1.10 bits per heavy atom. The SMILES string of the molecule is Nc1nc(Sc2nc3ccccc3[nH]2)c2ccsc2n1. The zero-order valence-electron chi connectivity index (χ0n) is 10.2. The van der Waals surface area contributed by atoms with Crippen molar-refractivity contribution in [1.82, 2.24) is 19.9 Å². The van der Waals surface area contributed by atoms with E-state index in [0.29, 0.717) is 5.95 Å². The molecule has 0 bridgehead atoms. The van der Waals surface area contributed by atoms with Crippen LogP contribution < -0.4 is 5.73 Å². The molecule has 0 radical (unpaired) electrons. The smallest absolute Gasteiger partial charge is 0.222 e. The minimum absolute atomic E-state index is 0.290. The molecule has 0 saturated carbocycles. The Bertz CT molecular complexity index is 878. The summed E-state index contributed by atoms with van der Waals surface area (Å²) in [4.78, 5) is 17.2. The number of nitrogens with one attached hydrogen (secondary N) is 1. The van der Waals surface area contributed by atoms with Gasteiger partial charge in [0, 0.05) is 5.39 Å². The molecular weight excluding hydrogens is 290 g/mol. The van der Waals surface area contributed by atoms with Crippen LogP contribution in [0.5, 0.6) is 0 Å². The van der Waals surface area contributed by atoms with E-state index in [0.717, 1.165) is 31.4 Å². The Labute approximate surface area is 122 Å². The van der Waals surface area contributed by atoms with E-state index in [1.807, 2.05) is 35.7 Å². The Morgan fingerprint density at radius 3 is 2.90 bits per heavy atom. The Balaban J connectivity index is 1.81. The van der Waals surface area contributed by atoms with Gasteiger partial charge in [0.15, 0.2) is 5.16 Å². The van der Waals surface area contributed by atoms with Crippen LogP contribution in [0.4, 0.5) is 5.95 Å². The van der Waals surface area contributed by atoms with Crippen molar-refractivity contribution in [3.63, 3.8) is 0 Å². The van der Waals surface area contributed by atoms with Gasteiger partial charge < -0.3 is 10.7 Å². The topological polar surface area (TPSA) is 80.5 Å². The third-order valence-electron chi connectivity index (χ3n) is 2.87. The average molecular weight is 299 g/mol. The number of nitrogen functional groups attached to an aromatic ring is 1. The number of nitrogens with zero attached hydrogens (tertiary/aromatic N) is 3. The number of nitrogens with two attached hydrogens (primary N) is 1. The fraction of sp³-hybridized carbons (Fsp3) is 0. The van der Waals surface area contributed by atoms with Crippen LogP contribution in [-0.4, -0.2) is 19.9 Å². The number of hydrogen-bond donors (Lipinski definition) is 2. The molecule has 4 rings (SSSR count). The van der Waals surface area contributed by atoms with Gasteiger partial charge in [-0.25, -0.2) is 15.0 Å². The quantitative estimate of drug-likeness (QED) is 0.555. The van der Waals surface area contributed by atoms with E-state index in [4.69, 9.17) is 5.73 Å². The van der Waals surface area contributed by atoms with Gasteiger partial charge in [0.25, 0.3) is 0 Å². The van der Waals surface area contributed by atoms with Crippen molar-refractivity contribution in [2.24, 2.45) is 0 Å². The van der Waals surface area contributed by atoms with E-state index in [1.165, 1.54) is 11.8 Å². The summed E-state index contributed by atoms with van der Waals surface area (Å²) >= 11 is 3.03. The van der Waals surface area contributed by atoms with Gasteiger partial charge in [-0.05, 0) is 35.3 Å². The molecule has 20 heavy (non-hydrogen) atoms. The highest BCUT2D eigenvalue weighted by Gasteiger charge is 2.11. The van der Waals surface area contributed by atoms with Crippen molar-refractivity contribution < 1.29 is 0 Å². The first-order valence-corrected chi connectivity index (χ1v) is 7.62. The molecule has 0 atom stereocenters. The zero-order chi connectivity index (χ0) is 13.5. The van der Waals surface area contributed by atoms with Gasteiger partial charge in [0.1, 0.15) is 9.86 Å². The van der Waals surface area contributed by atoms with E-state index in [-0.39, 0.29) is 0 Å². The number of aromatic amines is 1. The molecule has 1 aromatic carbocycles. The second kappa shape index (κ2) is 4.46. The van der Waals surface area contributed by atoms with Gasteiger partial charge in [-0.15, -0.1) is 11.3 Å². The first-order chi connectivity index (χ1) is 9.79. The van der Waals surface area contributed by atoms with E-state index in [2.05, 4.69) is 19.9 Å². The Kier molecular flexibility index (Phi) is 2.61. The molecule has 0 fully saturated rings. The molecule has 0 aliphatic rings. The van der Waals surface area contributed by atoms with Crippen LogP contribution in [0.25, 0.3) is 21.3 Å². The minimum Gasteiger partial charge on any atom is -0.368 e. The minimum atomic E-state index is 0.290. The van der Waals surface area contributed by atoms with Crippen molar-refractivity contribution in [3.05, 3.63) is 35.7 Å². The summed E-state index contributed by atoms with van der Waals surface area (Å²) in [5, 5.41) is 4.63. The summed E-state index contributed by atoms with van der Waals surface area (Å²) in [5.41, 5.74) is 7.71. The normalized spacial score (nSPS) is 11.4. The third-order valence-corrected chi connectivity index (χ3v) is 4.57. The average Bonchev–Trinajstić information content (AvgIpc) is 3.03. The summed E-state index contributed by atoms with van der Waals surface area (Å²) in [6, 6.07) is 9.93. The molecule has 0 aliphatic carbocycles. The highest BCUT2D eigenvalue weighted by atomic mass is 32.2. The fourth-order valence-corrected chi connectivity index (χ4v) is 3.73. The maximum absolute atomic E-state index is 5.75. The molecule has 0 unspecified atom stereocenters. The molecule has 0 spiro atoms. The van der Waals surface area contributed by atoms with E-state index in [9.17, 15) is 0 Å². The highest BCUT2D eigenvalue weighted by molar-refractivity contribution is 7.99. The van der Waals surface area contributed by atoms with Gasteiger partial charge in [0.05, 0.1) is 11.0 Å². The van der Waals surface area contributed by atoms with Crippen LogP contribution in [-0.2, 0) is 0 Å². The fourth-order valence-electron chi connectivity index (χ4n) is 1.99. The summed E-state index contributed by atoms with van der Waals surface area (Å²) in [6.07, 6.45) is 0. The van der Waals surface area contributed by atoms with E-state index >= 15 is 0 Å². The number of H-pyrrole nitrogens is 1. The molecule has 5 nitrogen and oxygen atoms in total. The van der Waals surface area contributed by atoms with E-state index < -0.39 is 0 Å². The lowest BCUT2D eigenvalue weighted by Crippen LogP contribution is -1.95. The van der Waals surface area contributed by atoms with Gasteiger partial charge in [-0.3, -0.25) is 0 Å². The first kappa shape index (κ1) is 11.7. The molecule has 98 valence electrons. The van der Waals surface area contributed by atoms with Crippen molar-refractivity contribution in [3.8, 4) is 0 Å². The zero-order valence-corrected chi connectivity index (χ0v) is 11.8. The van der Waals surface area contributed by atoms with Crippen molar-refractivity contribution >= 4 is 50.3 Å². The largest absolute Gasteiger partial charge is 0.368 e. The highest BCUT2D eigenvalue weighted by Crippen LogP contribution is 2.33. The van der Waals surface area contributed by atoms with Gasteiger partial charge in [-0.2, -0.15) is 0 Å². The first-order valence-electron chi connectivity index (χ1n) is 5.93. The molecular formula is C13H9N5S2. The summed E-state index contributed by atoms with van der Waals surface area (Å²) in [7, 11) is 0. The number of imidazole rings is 1. The summed E-state index contributed by atoms with van der Waals surface area (Å²) in [5.74, 6) is 0.290. The van der Waals surface area contributed by atoms with Crippen molar-refractivity contribution in [2.75, 3.05) is 5.73 Å². The molecule has 0 amide bonds. The predicted molar refractivity (Wildman–Crippen MR) is 82.0 cm³/mol. The Hall–Kier alpha value is -2.12. The lowest BCUT2D eigenvalue weighted by molar-refractivity contribution is 1.06. The molecule has 0 aliphatic heterocycles. The second-order valence-corrected chi connectivity index (χ2v) is 6.06. The number of aromatic nitrogens is 4. The van der Waals surface area contributed by atoms with E-state index in [1.54, 1.807) is 11.3 Å². The van der Waals surface area contributed by atoms with Crippen LogP contribution >= 0.6 is 23.1 Å². The van der Waals surface area contributed by atoms with Crippen molar-refractivity contribution in [1.29, 1.82) is 0 Å². The number of hydrogen-bond acceptors (Lipinski definition) is 6. The number of benzene rings is 1. The molecule has 3 heterocycles. The maximum atomic E-state index is 5.75. The summed E-state index contributed by atoms with van der Waals surface area (Å²) in [6.45, 7) is 0. The number of fused-ring (bicyclic) bond motifs is 2. The molecule has 7 heteroatoms. The van der Waals surface area contributed by atoms with Crippen molar-refractivity contribution in [2.45, 2.75) is 10.2 Å². The maximum Gasteiger partial charge on any atom is 0.222 e. The number of anilines is 1. The van der Waals surface area contributed by atoms with Gasteiger partial charge in [0.2, 0.25) is 5.95 Å². The van der Waals surface area contributed by atoms with Crippen LogP contribution in [0.2, 0.25) is 0 Å². The standard InChI is InChI=1S/C13H9N5S2/c14-12-17-10-7(5-6-19-10)11(18-12)20-13-15-8-3-1-2-4-9(8)16-13/h1-6H,(H,15,16)(H2,14,17,18). The van der Waals surface area contributed by atoms with Crippen LogP contribution in [0.1, 0.15) is 0 Å². The molecule has 0 saturated heterocycles. The molecule has 3 N–H and O–H groups in total. The second-order valence-electron chi connectivity index (χ2n) is 4.19. The lowest BCUT2D eigenvalue weighted by Gasteiger charge is -2.00. The van der Waals surface area contributed by atoms with Crippen LogP contribution in [0.3, 0.4) is 0 Å². The lowest BCUT2D eigenvalue weighted by atomic mass is 10.3. The molecule has 3 aromatic heterocycles. The Morgan fingerprint density at radius 2 is 2.00 bits per heavy atom. The third kappa shape index (κ3) is 1.91. The molecule has 4 aromatic rings. The van der Waals surface area contributed by atoms with Gasteiger partial charge >= 0.3 is 0 Å².